The summed E-state index contributed by atoms with van der Waals surface area (Å²) in [5.74, 6) is 0.880. The summed E-state index contributed by atoms with van der Waals surface area (Å²) >= 11 is 0. The number of hydrogen-bond donors (Lipinski definition) is 1. The first-order chi connectivity index (χ1) is 8.83. The molecule has 3 heteroatoms. The normalized spacial score (nSPS) is 37.7. The van der Waals surface area contributed by atoms with Gasteiger partial charge >= 0.3 is 0 Å². The van der Waals surface area contributed by atoms with Crippen LogP contribution in [0.25, 0.3) is 0 Å². The van der Waals surface area contributed by atoms with Crippen LogP contribution in [-0.2, 0) is 9.47 Å². The maximum atomic E-state index is 6.34. The second-order valence-corrected chi connectivity index (χ2v) is 5.77. The van der Waals surface area contributed by atoms with Gasteiger partial charge in [-0.3, -0.25) is 0 Å². The lowest BCUT2D eigenvalue weighted by Crippen LogP contribution is -2.49. The van der Waals surface area contributed by atoms with Crippen molar-refractivity contribution < 1.29 is 9.47 Å². The highest BCUT2D eigenvalue weighted by Gasteiger charge is 2.30. The Morgan fingerprint density at radius 2 is 2.11 bits per heavy atom. The van der Waals surface area contributed by atoms with Gasteiger partial charge in [0.05, 0.1) is 18.8 Å². The molecule has 4 atom stereocenters. The second-order valence-electron chi connectivity index (χ2n) is 5.77. The van der Waals surface area contributed by atoms with E-state index in [-0.39, 0.29) is 6.10 Å². The lowest BCUT2D eigenvalue weighted by atomic mass is 9.85. The molecule has 0 amide bonds. The van der Waals surface area contributed by atoms with Gasteiger partial charge in [-0.2, -0.15) is 0 Å². The maximum Gasteiger partial charge on any atom is 0.0965 e. The molecular formula is C15H29NO2. The Morgan fingerprint density at radius 3 is 2.89 bits per heavy atom. The van der Waals surface area contributed by atoms with Crippen molar-refractivity contribution >= 4 is 0 Å². The van der Waals surface area contributed by atoms with Gasteiger partial charge in [-0.15, -0.1) is 0 Å². The first-order valence-corrected chi connectivity index (χ1v) is 7.80. The average molecular weight is 255 g/mol. The summed E-state index contributed by atoms with van der Waals surface area (Å²) in [4.78, 5) is 0. The summed E-state index contributed by atoms with van der Waals surface area (Å²) in [6.07, 6.45) is 8.35. The van der Waals surface area contributed by atoms with Gasteiger partial charge in [-0.1, -0.05) is 33.1 Å². The predicted molar refractivity (Wildman–Crippen MR) is 73.8 cm³/mol. The van der Waals surface area contributed by atoms with Gasteiger partial charge in [0.15, 0.2) is 0 Å². The summed E-state index contributed by atoms with van der Waals surface area (Å²) in [5, 5.41) is 3.54. The highest BCUT2D eigenvalue weighted by atomic mass is 16.5. The molecule has 0 aromatic carbocycles. The van der Waals surface area contributed by atoms with E-state index in [1.807, 2.05) is 0 Å². The Hall–Kier alpha value is -0.120. The summed E-state index contributed by atoms with van der Waals surface area (Å²) in [5.41, 5.74) is 0. The van der Waals surface area contributed by atoms with Crippen LogP contribution in [0.1, 0.15) is 52.4 Å². The average Bonchev–Trinajstić information content (AvgIpc) is 2.41. The van der Waals surface area contributed by atoms with E-state index in [9.17, 15) is 0 Å². The molecule has 0 radical (unpaired) electrons. The third-order valence-electron chi connectivity index (χ3n) is 4.45. The largest absolute Gasteiger partial charge is 0.379 e. The van der Waals surface area contributed by atoms with Gasteiger partial charge in [0.1, 0.15) is 0 Å². The van der Waals surface area contributed by atoms with Crippen molar-refractivity contribution in [2.45, 2.75) is 70.6 Å². The molecule has 3 nitrogen and oxygen atoms in total. The van der Waals surface area contributed by atoms with Crippen molar-refractivity contribution in [2.75, 3.05) is 19.8 Å². The molecule has 2 aliphatic rings. The molecule has 0 bridgehead atoms. The Balaban J connectivity index is 1.82. The Morgan fingerprint density at radius 1 is 1.22 bits per heavy atom. The van der Waals surface area contributed by atoms with E-state index in [0.717, 1.165) is 32.1 Å². The van der Waals surface area contributed by atoms with Crippen molar-refractivity contribution in [2.24, 2.45) is 5.92 Å². The SMILES string of the molecule is CCNC1CCOCC1OC1CCCC(CC)C1. The number of hydrogen-bond acceptors (Lipinski definition) is 3. The minimum absolute atomic E-state index is 0.263. The van der Waals surface area contributed by atoms with Crippen molar-refractivity contribution in [1.82, 2.24) is 5.32 Å². The van der Waals surface area contributed by atoms with Crippen LogP contribution < -0.4 is 5.32 Å². The lowest BCUT2D eigenvalue weighted by molar-refractivity contribution is -0.112. The minimum Gasteiger partial charge on any atom is -0.379 e. The van der Waals surface area contributed by atoms with Crippen LogP contribution in [0.5, 0.6) is 0 Å². The molecule has 1 N–H and O–H groups in total. The molecule has 1 saturated carbocycles. The van der Waals surface area contributed by atoms with Crippen LogP contribution in [0, 0.1) is 5.92 Å². The fourth-order valence-electron chi connectivity index (χ4n) is 3.32. The van der Waals surface area contributed by atoms with Crippen molar-refractivity contribution in [3.05, 3.63) is 0 Å². The summed E-state index contributed by atoms with van der Waals surface area (Å²) in [6, 6.07) is 0.491. The Bertz CT molecular complexity index is 233. The van der Waals surface area contributed by atoms with Gasteiger partial charge in [-0.05, 0) is 31.7 Å². The first kappa shape index (κ1) is 14.3. The van der Waals surface area contributed by atoms with Crippen molar-refractivity contribution in [3.8, 4) is 0 Å². The van der Waals surface area contributed by atoms with Crippen LogP contribution in [0.4, 0.5) is 0 Å². The van der Waals surface area contributed by atoms with E-state index in [1.165, 1.54) is 32.1 Å². The number of rotatable bonds is 5. The zero-order valence-electron chi connectivity index (χ0n) is 12.0. The molecule has 2 fully saturated rings. The summed E-state index contributed by atoms with van der Waals surface area (Å²) < 4.78 is 11.9. The Kier molecular flexibility index (Phi) is 5.93. The van der Waals surface area contributed by atoms with E-state index in [2.05, 4.69) is 19.2 Å². The third kappa shape index (κ3) is 3.94. The standard InChI is InChI=1S/C15H29NO2/c1-3-12-6-5-7-13(10-12)18-15-11-17-9-8-14(15)16-4-2/h12-16H,3-11H2,1-2H3. The fourth-order valence-corrected chi connectivity index (χ4v) is 3.32. The van der Waals surface area contributed by atoms with Crippen LogP contribution in [0.15, 0.2) is 0 Å². The van der Waals surface area contributed by atoms with Gasteiger partial charge in [0.25, 0.3) is 0 Å². The van der Waals surface area contributed by atoms with Crippen molar-refractivity contribution in [1.29, 1.82) is 0 Å². The molecule has 1 aliphatic heterocycles. The lowest BCUT2D eigenvalue weighted by Gasteiger charge is -2.37. The monoisotopic (exact) mass is 255 g/mol. The second kappa shape index (κ2) is 7.46. The zero-order chi connectivity index (χ0) is 12.8. The first-order valence-electron chi connectivity index (χ1n) is 7.80. The quantitative estimate of drug-likeness (QED) is 0.819. The molecule has 0 spiro atoms. The highest BCUT2D eigenvalue weighted by molar-refractivity contribution is 4.83. The van der Waals surface area contributed by atoms with Gasteiger partial charge in [0, 0.05) is 12.6 Å². The molecule has 1 heterocycles. The Labute approximate surface area is 112 Å². The van der Waals surface area contributed by atoms with E-state index in [0.29, 0.717) is 12.1 Å². The molecule has 106 valence electrons. The molecule has 1 saturated heterocycles. The van der Waals surface area contributed by atoms with Gasteiger partial charge < -0.3 is 14.8 Å². The van der Waals surface area contributed by atoms with Crippen LogP contribution in [0.3, 0.4) is 0 Å². The van der Waals surface area contributed by atoms with E-state index >= 15 is 0 Å². The van der Waals surface area contributed by atoms with Crippen molar-refractivity contribution in [3.63, 3.8) is 0 Å². The molecule has 0 aromatic rings. The van der Waals surface area contributed by atoms with Gasteiger partial charge in [0.2, 0.25) is 0 Å². The minimum atomic E-state index is 0.263. The molecule has 0 aromatic heterocycles. The number of likely N-dealkylation sites (N-methyl/N-ethyl adjacent to an activating group) is 1. The maximum absolute atomic E-state index is 6.34. The molecule has 1 aliphatic carbocycles. The summed E-state index contributed by atoms with van der Waals surface area (Å²) in [6.45, 7) is 7.13. The fraction of sp³-hybridized carbons (Fsp3) is 1.00. The van der Waals surface area contributed by atoms with Crippen LogP contribution in [0.2, 0.25) is 0 Å². The topological polar surface area (TPSA) is 30.5 Å². The van der Waals surface area contributed by atoms with Crippen LogP contribution in [-0.4, -0.2) is 38.0 Å². The van der Waals surface area contributed by atoms with E-state index < -0.39 is 0 Å². The third-order valence-corrected chi connectivity index (χ3v) is 4.45. The summed E-state index contributed by atoms with van der Waals surface area (Å²) in [7, 11) is 0. The van der Waals surface area contributed by atoms with Gasteiger partial charge in [-0.25, -0.2) is 0 Å². The molecule has 2 rings (SSSR count). The molecule has 4 unspecified atom stereocenters. The number of ether oxygens (including phenoxy) is 2. The van der Waals surface area contributed by atoms with Crippen LogP contribution >= 0.6 is 0 Å². The number of nitrogens with one attached hydrogen (secondary N) is 1. The van der Waals surface area contributed by atoms with E-state index in [1.54, 1.807) is 0 Å². The van der Waals surface area contributed by atoms with E-state index in [4.69, 9.17) is 9.47 Å². The predicted octanol–water partition coefficient (Wildman–Crippen LogP) is 2.74. The smallest absolute Gasteiger partial charge is 0.0965 e. The molecular weight excluding hydrogens is 226 g/mol. The zero-order valence-corrected chi connectivity index (χ0v) is 12.0. The highest BCUT2D eigenvalue weighted by Crippen LogP contribution is 2.30. The molecule has 18 heavy (non-hydrogen) atoms.